The largest absolute Gasteiger partial charge is 0.377 e. The number of halogens is 1. The molecule has 1 aromatic rings. The number of rotatable bonds is 3. The van der Waals surface area contributed by atoms with Gasteiger partial charge in [0.2, 0.25) is 0 Å². The predicted octanol–water partition coefficient (Wildman–Crippen LogP) is 2.31. The van der Waals surface area contributed by atoms with Gasteiger partial charge in [-0.05, 0) is 38.1 Å². The normalized spacial score (nSPS) is 23.3. The van der Waals surface area contributed by atoms with Gasteiger partial charge in [0.15, 0.2) is 0 Å². The molecule has 96 valence electrons. The van der Waals surface area contributed by atoms with E-state index in [1.165, 1.54) is 6.07 Å². The Morgan fingerprint density at radius 3 is 2.94 bits per heavy atom. The lowest BCUT2D eigenvalue weighted by molar-refractivity contribution is 0.0814. The van der Waals surface area contributed by atoms with Gasteiger partial charge in [0.05, 0.1) is 11.7 Å². The van der Waals surface area contributed by atoms with Crippen LogP contribution in [-0.4, -0.2) is 30.7 Å². The van der Waals surface area contributed by atoms with Crippen molar-refractivity contribution >= 4 is 0 Å². The van der Waals surface area contributed by atoms with Crippen LogP contribution in [0.5, 0.6) is 0 Å². The van der Waals surface area contributed by atoms with E-state index in [0.29, 0.717) is 12.6 Å². The standard InChI is InChI=1S/C14H17FN2O/c1-10-14(5-6-18-10)17(2)9-11-3-4-13(15)12(7-11)8-16/h3-4,7,10,14H,5-6,9H2,1-2H3. The van der Waals surface area contributed by atoms with E-state index in [1.54, 1.807) is 12.1 Å². The minimum Gasteiger partial charge on any atom is -0.377 e. The highest BCUT2D eigenvalue weighted by atomic mass is 19.1. The zero-order chi connectivity index (χ0) is 13.1. The second-order valence-corrected chi connectivity index (χ2v) is 4.77. The fourth-order valence-corrected chi connectivity index (χ4v) is 2.46. The van der Waals surface area contributed by atoms with Gasteiger partial charge < -0.3 is 4.74 Å². The van der Waals surface area contributed by atoms with Crippen LogP contribution in [-0.2, 0) is 11.3 Å². The lowest BCUT2D eigenvalue weighted by Crippen LogP contribution is -2.36. The maximum absolute atomic E-state index is 13.2. The molecule has 0 saturated carbocycles. The quantitative estimate of drug-likeness (QED) is 0.823. The molecule has 2 rings (SSSR count). The van der Waals surface area contributed by atoms with Crippen molar-refractivity contribution in [1.29, 1.82) is 5.26 Å². The van der Waals surface area contributed by atoms with Crippen molar-refractivity contribution in [1.82, 2.24) is 4.90 Å². The summed E-state index contributed by atoms with van der Waals surface area (Å²) in [5.41, 5.74) is 1.06. The molecule has 1 aliphatic heterocycles. The van der Waals surface area contributed by atoms with Crippen molar-refractivity contribution in [2.75, 3.05) is 13.7 Å². The lowest BCUT2D eigenvalue weighted by Gasteiger charge is -2.26. The molecule has 2 atom stereocenters. The van der Waals surface area contributed by atoms with Crippen LogP contribution < -0.4 is 0 Å². The van der Waals surface area contributed by atoms with Crippen molar-refractivity contribution < 1.29 is 9.13 Å². The van der Waals surface area contributed by atoms with Crippen LogP contribution >= 0.6 is 0 Å². The van der Waals surface area contributed by atoms with Gasteiger partial charge in [0, 0.05) is 19.2 Å². The van der Waals surface area contributed by atoms with Gasteiger partial charge in [-0.3, -0.25) is 4.90 Å². The molecule has 0 radical (unpaired) electrons. The van der Waals surface area contributed by atoms with Gasteiger partial charge in [-0.2, -0.15) is 5.26 Å². The summed E-state index contributed by atoms with van der Waals surface area (Å²) in [6.07, 6.45) is 1.25. The van der Waals surface area contributed by atoms with Crippen molar-refractivity contribution in [2.24, 2.45) is 0 Å². The summed E-state index contributed by atoms with van der Waals surface area (Å²) >= 11 is 0. The van der Waals surface area contributed by atoms with Gasteiger partial charge in [0.25, 0.3) is 0 Å². The number of nitrogens with zero attached hydrogens (tertiary/aromatic N) is 2. The predicted molar refractivity (Wildman–Crippen MR) is 66.4 cm³/mol. The highest BCUT2D eigenvalue weighted by Crippen LogP contribution is 2.20. The Kier molecular flexibility index (Phi) is 3.95. The van der Waals surface area contributed by atoms with Crippen LogP contribution in [0.3, 0.4) is 0 Å². The number of likely N-dealkylation sites (N-methyl/N-ethyl adjacent to an activating group) is 1. The van der Waals surface area contributed by atoms with Crippen LogP contribution in [0.25, 0.3) is 0 Å². The number of nitriles is 1. The zero-order valence-corrected chi connectivity index (χ0v) is 10.7. The number of benzene rings is 1. The third-order valence-corrected chi connectivity index (χ3v) is 3.49. The van der Waals surface area contributed by atoms with E-state index in [-0.39, 0.29) is 11.7 Å². The highest BCUT2D eigenvalue weighted by Gasteiger charge is 2.27. The SMILES string of the molecule is CC1OCCC1N(C)Cc1ccc(F)c(C#N)c1. The van der Waals surface area contributed by atoms with Gasteiger partial charge in [-0.1, -0.05) is 6.07 Å². The average Bonchev–Trinajstić information content (AvgIpc) is 2.78. The second-order valence-electron chi connectivity index (χ2n) is 4.77. The van der Waals surface area contributed by atoms with Gasteiger partial charge >= 0.3 is 0 Å². The van der Waals surface area contributed by atoms with Crippen molar-refractivity contribution in [2.45, 2.75) is 32.0 Å². The van der Waals surface area contributed by atoms with E-state index in [0.717, 1.165) is 18.6 Å². The molecule has 0 aliphatic carbocycles. The molecular formula is C14H17FN2O. The Balaban J connectivity index is 2.07. The molecule has 18 heavy (non-hydrogen) atoms. The average molecular weight is 248 g/mol. The molecule has 0 spiro atoms. The molecule has 0 amide bonds. The minimum atomic E-state index is -0.457. The smallest absolute Gasteiger partial charge is 0.140 e. The van der Waals surface area contributed by atoms with E-state index in [4.69, 9.17) is 10.00 Å². The van der Waals surface area contributed by atoms with Crippen molar-refractivity contribution in [3.8, 4) is 6.07 Å². The van der Waals surface area contributed by atoms with Crippen LogP contribution in [0.2, 0.25) is 0 Å². The Bertz CT molecular complexity index is 469. The summed E-state index contributed by atoms with van der Waals surface area (Å²) in [6.45, 7) is 3.57. The Hall–Kier alpha value is -1.44. The number of hydrogen-bond donors (Lipinski definition) is 0. The monoisotopic (exact) mass is 248 g/mol. The third kappa shape index (κ3) is 2.69. The molecule has 2 unspecified atom stereocenters. The molecule has 3 nitrogen and oxygen atoms in total. The molecule has 1 heterocycles. The lowest BCUT2D eigenvalue weighted by atomic mass is 10.1. The fourth-order valence-electron chi connectivity index (χ4n) is 2.46. The van der Waals surface area contributed by atoms with E-state index in [2.05, 4.69) is 11.8 Å². The molecule has 4 heteroatoms. The Morgan fingerprint density at radius 2 is 2.33 bits per heavy atom. The second kappa shape index (κ2) is 5.47. The molecule has 0 N–H and O–H groups in total. The topological polar surface area (TPSA) is 36.3 Å². The van der Waals surface area contributed by atoms with Gasteiger partial charge in [-0.15, -0.1) is 0 Å². The zero-order valence-electron chi connectivity index (χ0n) is 10.7. The fraction of sp³-hybridized carbons (Fsp3) is 0.500. The maximum Gasteiger partial charge on any atom is 0.140 e. The molecular weight excluding hydrogens is 231 g/mol. The first-order valence-corrected chi connectivity index (χ1v) is 6.12. The number of ether oxygens (including phenoxy) is 1. The maximum atomic E-state index is 13.2. The number of hydrogen-bond acceptors (Lipinski definition) is 3. The summed E-state index contributed by atoms with van der Waals surface area (Å²) in [7, 11) is 2.03. The van der Waals surface area contributed by atoms with Gasteiger partial charge in [-0.25, -0.2) is 4.39 Å². The first-order chi connectivity index (χ1) is 8.61. The van der Waals surface area contributed by atoms with Crippen molar-refractivity contribution in [3.63, 3.8) is 0 Å². The molecule has 1 aromatic carbocycles. The van der Waals surface area contributed by atoms with Gasteiger partial charge in [0.1, 0.15) is 11.9 Å². The summed E-state index contributed by atoms with van der Waals surface area (Å²) < 4.78 is 18.7. The van der Waals surface area contributed by atoms with Crippen LogP contribution in [0.4, 0.5) is 4.39 Å². The Morgan fingerprint density at radius 1 is 1.56 bits per heavy atom. The van der Waals surface area contributed by atoms with Crippen molar-refractivity contribution in [3.05, 3.63) is 35.1 Å². The Labute approximate surface area is 107 Å². The third-order valence-electron chi connectivity index (χ3n) is 3.49. The summed E-state index contributed by atoms with van der Waals surface area (Å²) in [5, 5.41) is 8.81. The molecule has 1 aliphatic rings. The summed E-state index contributed by atoms with van der Waals surface area (Å²) in [6, 6.07) is 6.96. The van der Waals surface area contributed by atoms with Crippen LogP contribution in [0, 0.1) is 17.1 Å². The molecule has 1 saturated heterocycles. The molecule has 0 bridgehead atoms. The van der Waals surface area contributed by atoms with E-state index < -0.39 is 5.82 Å². The first-order valence-electron chi connectivity index (χ1n) is 6.12. The first kappa shape index (κ1) is 13.0. The molecule has 0 aromatic heterocycles. The van der Waals surface area contributed by atoms with Crippen LogP contribution in [0.15, 0.2) is 18.2 Å². The summed E-state index contributed by atoms with van der Waals surface area (Å²) in [4.78, 5) is 2.20. The molecule has 1 fully saturated rings. The van der Waals surface area contributed by atoms with E-state index in [1.807, 2.05) is 13.1 Å². The summed E-state index contributed by atoms with van der Waals surface area (Å²) in [5.74, 6) is -0.457. The van der Waals surface area contributed by atoms with E-state index in [9.17, 15) is 4.39 Å². The van der Waals surface area contributed by atoms with Crippen LogP contribution in [0.1, 0.15) is 24.5 Å². The highest BCUT2D eigenvalue weighted by molar-refractivity contribution is 5.34. The van der Waals surface area contributed by atoms with E-state index >= 15 is 0 Å². The minimum absolute atomic E-state index is 0.108.